The molecule has 5 heteroatoms. The summed E-state index contributed by atoms with van der Waals surface area (Å²) in [6.07, 6.45) is 5.19. The largest absolute Gasteiger partial charge is 0.384 e. The fourth-order valence-electron chi connectivity index (χ4n) is 2.06. The monoisotopic (exact) mass is 251 g/mol. The molecule has 3 rings (SSSR count). The quantitative estimate of drug-likeness (QED) is 0.691. The van der Waals surface area contributed by atoms with Gasteiger partial charge in [0.25, 0.3) is 0 Å². The molecular weight excluding hydrogens is 238 g/mol. The van der Waals surface area contributed by atoms with Crippen LogP contribution in [-0.2, 0) is 0 Å². The molecule has 5 nitrogen and oxygen atoms in total. The van der Waals surface area contributed by atoms with Crippen LogP contribution in [0.1, 0.15) is 5.56 Å². The maximum absolute atomic E-state index is 5.98. The van der Waals surface area contributed by atoms with Crippen molar-refractivity contribution in [3.05, 3.63) is 42.4 Å². The summed E-state index contributed by atoms with van der Waals surface area (Å²) in [5, 5.41) is 1.73. The summed E-state index contributed by atoms with van der Waals surface area (Å²) in [7, 11) is 0. The van der Waals surface area contributed by atoms with Gasteiger partial charge in [0, 0.05) is 29.5 Å². The number of fused-ring (bicyclic) bond motifs is 1. The van der Waals surface area contributed by atoms with Crippen molar-refractivity contribution < 1.29 is 0 Å². The van der Waals surface area contributed by atoms with Crippen LogP contribution in [0.5, 0.6) is 0 Å². The zero-order chi connectivity index (χ0) is 13.4. The van der Waals surface area contributed by atoms with Gasteiger partial charge in [-0.15, -0.1) is 0 Å². The molecule has 3 heterocycles. The second kappa shape index (κ2) is 4.20. The molecule has 0 fully saturated rings. The number of hydrogen-bond donors (Lipinski definition) is 2. The van der Waals surface area contributed by atoms with E-state index < -0.39 is 0 Å². The Morgan fingerprint density at radius 2 is 1.95 bits per heavy atom. The minimum absolute atomic E-state index is 0.447. The number of pyridine rings is 3. The Balaban J connectivity index is 2.29. The normalized spacial score (nSPS) is 10.8. The number of aromatic nitrogens is 3. The molecule has 19 heavy (non-hydrogen) atoms. The maximum atomic E-state index is 5.98. The summed E-state index contributed by atoms with van der Waals surface area (Å²) >= 11 is 0. The van der Waals surface area contributed by atoms with Crippen molar-refractivity contribution in [2.75, 3.05) is 11.5 Å². The molecule has 3 aromatic rings. The van der Waals surface area contributed by atoms with E-state index in [1.54, 1.807) is 24.7 Å². The molecule has 0 aliphatic carbocycles. The van der Waals surface area contributed by atoms with Gasteiger partial charge in [-0.3, -0.25) is 4.98 Å². The number of hydrogen-bond acceptors (Lipinski definition) is 5. The van der Waals surface area contributed by atoms with Crippen LogP contribution in [0.25, 0.3) is 22.0 Å². The first-order chi connectivity index (χ1) is 9.15. The van der Waals surface area contributed by atoms with E-state index in [2.05, 4.69) is 15.0 Å². The maximum Gasteiger partial charge on any atom is 0.133 e. The number of nitrogens with zero attached hydrogens (tertiary/aromatic N) is 3. The summed E-state index contributed by atoms with van der Waals surface area (Å²) in [5.74, 6) is 0.912. The first-order valence-corrected chi connectivity index (χ1v) is 5.88. The number of nitrogen functional groups attached to an aromatic ring is 2. The number of aryl methyl sites for hydroxylation is 1. The van der Waals surface area contributed by atoms with Crippen molar-refractivity contribution in [3.63, 3.8) is 0 Å². The molecule has 0 aliphatic rings. The van der Waals surface area contributed by atoms with E-state index in [4.69, 9.17) is 11.5 Å². The molecule has 0 aliphatic heterocycles. The van der Waals surface area contributed by atoms with Crippen molar-refractivity contribution in [3.8, 4) is 11.3 Å². The lowest BCUT2D eigenvalue weighted by molar-refractivity contribution is 1.25. The first kappa shape index (κ1) is 11.4. The Kier molecular flexibility index (Phi) is 2.52. The molecule has 0 spiro atoms. The van der Waals surface area contributed by atoms with Crippen LogP contribution in [0.2, 0.25) is 0 Å². The lowest BCUT2D eigenvalue weighted by Gasteiger charge is -2.08. The van der Waals surface area contributed by atoms with E-state index in [0.717, 1.165) is 27.6 Å². The molecule has 0 radical (unpaired) electrons. The van der Waals surface area contributed by atoms with E-state index in [0.29, 0.717) is 11.6 Å². The molecular formula is C14H13N5. The van der Waals surface area contributed by atoms with Gasteiger partial charge < -0.3 is 11.5 Å². The highest BCUT2D eigenvalue weighted by Crippen LogP contribution is 2.27. The van der Waals surface area contributed by atoms with Crippen LogP contribution in [-0.4, -0.2) is 15.0 Å². The highest BCUT2D eigenvalue weighted by molar-refractivity contribution is 5.94. The minimum atomic E-state index is 0.447. The number of rotatable bonds is 1. The van der Waals surface area contributed by atoms with E-state index in [1.807, 2.05) is 19.1 Å². The molecule has 4 N–H and O–H groups in total. The van der Waals surface area contributed by atoms with E-state index in [-0.39, 0.29) is 0 Å². The number of anilines is 2. The van der Waals surface area contributed by atoms with Gasteiger partial charge in [-0.1, -0.05) is 0 Å². The Labute approximate surface area is 110 Å². The van der Waals surface area contributed by atoms with Crippen molar-refractivity contribution in [2.45, 2.75) is 6.92 Å². The Morgan fingerprint density at radius 3 is 2.74 bits per heavy atom. The van der Waals surface area contributed by atoms with Crippen molar-refractivity contribution in [2.24, 2.45) is 0 Å². The molecule has 3 aromatic heterocycles. The Morgan fingerprint density at radius 1 is 1.11 bits per heavy atom. The third-order valence-electron chi connectivity index (χ3n) is 3.08. The van der Waals surface area contributed by atoms with Crippen LogP contribution in [0, 0.1) is 6.92 Å². The van der Waals surface area contributed by atoms with Crippen molar-refractivity contribution >= 4 is 22.4 Å². The topological polar surface area (TPSA) is 90.7 Å². The third-order valence-corrected chi connectivity index (χ3v) is 3.08. The lowest BCUT2D eigenvalue weighted by Crippen LogP contribution is -1.97. The highest BCUT2D eigenvalue weighted by Gasteiger charge is 2.08. The smallest absolute Gasteiger partial charge is 0.133 e. The van der Waals surface area contributed by atoms with E-state index in [1.165, 1.54) is 0 Å². The third kappa shape index (κ3) is 1.95. The van der Waals surface area contributed by atoms with Crippen LogP contribution >= 0.6 is 0 Å². The van der Waals surface area contributed by atoms with Gasteiger partial charge in [0.15, 0.2) is 0 Å². The van der Waals surface area contributed by atoms with Gasteiger partial charge in [-0.25, -0.2) is 9.97 Å². The average Bonchev–Trinajstić information content (AvgIpc) is 2.38. The fourth-order valence-corrected chi connectivity index (χ4v) is 2.06. The van der Waals surface area contributed by atoms with E-state index >= 15 is 0 Å². The van der Waals surface area contributed by atoms with E-state index in [9.17, 15) is 0 Å². The summed E-state index contributed by atoms with van der Waals surface area (Å²) in [6, 6.07) is 5.69. The fraction of sp³-hybridized carbons (Fsp3) is 0.0714. The summed E-state index contributed by atoms with van der Waals surface area (Å²) in [5.41, 5.74) is 14.5. The summed E-state index contributed by atoms with van der Waals surface area (Å²) < 4.78 is 0. The van der Waals surface area contributed by atoms with Gasteiger partial charge in [0.05, 0.1) is 5.69 Å². The molecule has 0 unspecified atom stereocenters. The molecule has 0 atom stereocenters. The van der Waals surface area contributed by atoms with Crippen LogP contribution in [0.3, 0.4) is 0 Å². The average molecular weight is 251 g/mol. The van der Waals surface area contributed by atoms with Gasteiger partial charge in [-0.05, 0) is 36.1 Å². The van der Waals surface area contributed by atoms with Crippen molar-refractivity contribution in [1.29, 1.82) is 0 Å². The summed E-state index contributed by atoms with van der Waals surface area (Å²) in [6.45, 7) is 2.01. The van der Waals surface area contributed by atoms with Crippen LogP contribution < -0.4 is 11.5 Å². The SMILES string of the molecule is Cc1ccncc1-c1cc2cc(N)ncc2c(N)n1. The van der Waals surface area contributed by atoms with Gasteiger partial charge >= 0.3 is 0 Å². The van der Waals surface area contributed by atoms with Gasteiger partial charge in [-0.2, -0.15) is 0 Å². The molecule has 94 valence electrons. The Hall–Kier alpha value is -2.69. The van der Waals surface area contributed by atoms with Gasteiger partial charge in [0.1, 0.15) is 11.6 Å². The molecule has 0 saturated carbocycles. The second-order valence-electron chi connectivity index (χ2n) is 4.41. The molecule has 0 amide bonds. The second-order valence-corrected chi connectivity index (χ2v) is 4.41. The molecule has 0 saturated heterocycles. The van der Waals surface area contributed by atoms with Gasteiger partial charge in [0.2, 0.25) is 0 Å². The predicted octanol–water partition coefficient (Wildman–Crippen LogP) is 2.16. The minimum Gasteiger partial charge on any atom is -0.384 e. The number of nitrogens with two attached hydrogens (primary N) is 2. The predicted molar refractivity (Wildman–Crippen MR) is 76.3 cm³/mol. The standard InChI is InChI=1S/C14H13N5/c1-8-2-3-17-6-10(8)12-4-9-5-13(15)18-7-11(9)14(16)19-12/h2-7H,1H3,(H2,15,18)(H2,16,19). The lowest BCUT2D eigenvalue weighted by atomic mass is 10.1. The molecule has 0 bridgehead atoms. The Bertz CT molecular complexity index is 767. The first-order valence-electron chi connectivity index (χ1n) is 5.88. The molecule has 0 aromatic carbocycles. The van der Waals surface area contributed by atoms with Crippen LogP contribution in [0.15, 0.2) is 36.8 Å². The highest BCUT2D eigenvalue weighted by atomic mass is 14.9. The van der Waals surface area contributed by atoms with Crippen molar-refractivity contribution in [1.82, 2.24) is 15.0 Å². The van der Waals surface area contributed by atoms with Crippen LogP contribution in [0.4, 0.5) is 11.6 Å². The zero-order valence-electron chi connectivity index (χ0n) is 10.5. The summed E-state index contributed by atoms with van der Waals surface area (Å²) in [4.78, 5) is 12.6. The zero-order valence-corrected chi connectivity index (χ0v) is 10.5.